The quantitative estimate of drug-likeness (QED) is 0.560. The summed E-state index contributed by atoms with van der Waals surface area (Å²) < 4.78 is 4.50. The van der Waals surface area contributed by atoms with Gasteiger partial charge in [0, 0.05) is 17.6 Å². The molecule has 0 aliphatic heterocycles. The molecule has 0 aliphatic rings. The fourth-order valence-electron chi connectivity index (χ4n) is 1.86. The summed E-state index contributed by atoms with van der Waals surface area (Å²) in [4.78, 5) is 9.97. The zero-order chi connectivity index (χ0) is 19.0. The van der Waals surface area contributed by atoms with Crippen LogP contribution in [-0.4, -0.2) is 38.5 Å². The SMILES string of the molecule is CC(C)(C)NC[C@H](O)c1ccc(O)c(CO)c1.O=C(O)c1ccco1. The van der Waals surface area contributed by atoms with E-state index in [2.05, 4.69) is 9.73 Å². The number of aliphatic hydroxyl groups excluding tert-OH is 2. The Bertz CT molecular complexity index is 661. The van der Waals surface area contributed by atoms with Crippen molar-refractivity contribution in [3.05, 3.63) is 53.5 Å². The van der Waals surface area contributed by atoms with Crippen LogP contribution < -0.4 is 5.32 Å². The molecule has 0 fully saturated rings. The molecule has 0 spiro atoms. The molecule has 1 atom stereocenters. The third kappa shape index (κ3) is 7.38. The average Bonchev–Trinajstić information content (AvgIpc) is 3.08. The van der Waals surface area contributed by atoms with E-state index in [-0.39, 0.29) is 23.7 Å². The highest BCUT2D eigenvalue weighted by Crippen LogP contribution is 2.22. The largest absolute Gasteiger partial charge is 0.508 e. The van der Waals surface area contributed by atoms with Crippen molar-refractivity contribution in [2.45, 2.75) is 39.0 Å². The molecule has 2 aromatic rings. The lowest BCUT2D eigenvalue weighted by Crippen LogP contribution is -2.38. The van der Waals surface area contributed by atoms with Crippen molar-refractivity contribution in [1.29, 1.82) is 0 Å². The average molecular weight is 351 g/mol. The first-order valence-electron chi connectivity index (χ1n) is 7.76. The van der Waals surface area contributed by atoms with Gasteiger partial charge in [0.15, 0.2) is 0 Å². The van der Waals surface area contributed by atoms with Crippen LogP contribution in [0.15, 0.2) is 41.0 Å². The standard InChI is InChI=1S/C13H21NO3.C5H4O3/c1-13(2,3)14-7-12(17)9-4-5-11(16)10(6-9)8-15;6-5(7)4-2-1-3-8-4/h4-6,12,14-17H,7-8H2,1-3H3;1-3H,(H,6,7)/t12-;/m0./s1. The summed E-state index contributed by atoms with van der Waals surface area (Å²) in [5, 5.41) is 39.8. The number of hydrogen-bond donors (Lipinski definition) is 5. The molecule has 0 amide bonds. The molecule has 0 saturated carbocycles. The van der Waals surface area contributed by atoms with Gasteiger partial charge < -0.3 is 30.2 Å². The Labute approximate surface area is 146 Å². The Morgan fingerprint density at radius 3 is 2.40 bits per heavy atom. The molecule has 1 aromatic heterocycles. The first-order chi connectivity index (χ1) is 11.6. The fourth-order valence-corrected chi connectivity index (χ4v) is 1.86. The van der Waals surface area contributed by atoms with Crippen LogP contribution in [0.25, 0.3) is 0 Å². The Kier molecular flexibility index (Phi) is 7.63. The zero-order valence-electron chi connectivity index (χ0n) is 14.6. The van der Waals surface area contributed by atoms with E-state index >= 15 is 0 Å². The molecule has 0 radical (unpaired) electrons. The Hall–Kier alpha value is -2.35. The van der Waals surface area contributed by atoms with Gasteiger partial charge in [0.2, 0.25) is 5.76 Å². The number of nitrogens with one attached hydrogen (secondary N) is 1. The van der Waals surface area contributed by atoms with E-state index in [1.807, 2.05) is 20.8 Å². The van der Waals surface area contributed by atoms with Crippen LogP contribution in [0.3, 0.4) is 0 Å². The minimum absolute atomic E-state index is 0.0231. The number of benzene rings is 1. The molecule has 0 unspecified atom stereocenters. The predicted octanol–water partition coefficient (Wildman–Crippen LogP) is 2.28. The number of β-amino-alcohol motifs (C(OH)–C–C–N with tert-alkyl or cyclic N) is 1. The number of furan rings is 1. The van der Waals surface area contributed by atoms with Gasteiger partial charge in [0.1, 0.15) is 5.75 Å². The monoisotopic (exact) mass is 351 g/mol. The number of aliphatic hydroxyl groups is 2. The van der Waals surface area contributed by atoms with Gasteiger partial charge in [-0.3, -0.25) is 0 Å². The molecule has 7 heteroatoms. The van der Waals surface area contributed by atoms with Crippen LogP contribution in [-0.2, 0) is 6.61 Å². The van der Waals surface area contributed by atoms with Gasteiger partial charge in [-0.25, -0.2) is 4.79 Å². The van der Waals surface area contributed by atoms with Crippen molar-refractivity contribution in [1.82, 2.24) is 5.32 Å². The van der Waals surface area contributed by atoms with E-state index in [9.17, 15) is 15.0 Å². The molecule has 1 aromatic carbocycles. The zero-order valence-corrected chi connectivity index (χ0v) is 14.6. The number of aromatic carboxylic acids is 1. The first-order valence-corrected chi connectivity index (χ1v) is 7.76. The maximum atomic E-state index is 9.97. The highest BCUT2D eigenvalue weighted by molar-refractivity contribution is 5.84. The number of phenols is 1. The fraction of sp³-hybridized carbons (Fsp3) is 0.389. The smallest absolute Gasteiger partial charge is 0.371 e. The van der Waals surface area contributed by atoms with Crippen LogP contribution in [0.2, 0.25) is 0 Å². The Morgan fingerprint density at radius 1 is 1.28 bits per heavy atom. The highest BCUT2D eigenvalue weighted by Gasteiger charge is 2.14. The summed E-state index contributed by atoms with van der Waals surface area (Å²) in [5.74, 6) is -1.01. The minimum Gasteiger partial charge on any atom is -0.508 e. The minimum atomic E-state index is -1.03. The van der Waals surface area contributed by atoms with E-state index in [1.165, 1.54) is 24.5 Å². The first kappa shape index (κ1) is 20.7. The number of carboxylic acid groups (broad SMARTS) is 1. The molecule has 25 heavy (non-hydrogen) atoms. The summed E-state index contributed by atoms with van der Waals surface area (Å²) in [6.07, 6.45) is 0.670. The number of hydrogen-bond acceptors (Lipinski definition) is 6. The van der Waals surface area contributed by atoms with Crippen LogP contribution in [0.5, 0.6) is 5.75 Å². The molecule has 1 heterocycles. The molecular formula is C18H25NO6. The van der Waals surface area contributed by atoms with Crippen LogP contribution in [0, 0.1) is 0 Å². The number of aromatic hydroxyl groups is 1. The van der Waals surface area contributed by atoms with Crippen LogP contribution in [0.1, 0.15) is 48.6 Å². The normalized spacial score (nSPS) is 12.2. The topological polar surface area (TPSA) is 123 Å². The summed E-state index contributed by atoms with van der Waals surface area (Å²) in [5.41, 5.74) is 1.05. The lowest BCUT2D eigenvalue weighted by atomic mass is 10.0. The van der Waals surface area contributed by atoms with Gasteiger partial charge in [0.25, 0.3) is 0 Å². The second kappa shape index (κ2) is 9.22. The summed E-state index contributed by atoms with van der Waals surface area (Å²) in [6, 6.07) is 7.68. The molecule has 7 nitrogen and oxygen atoms in total. The Morgan fingerprint density at radius 2 is 1.96 bits per heavy atom. The predicted molar refractivity (Wildman–Crippen MR) is 92.4 cm³/mol. The van der Waals surface area contributed by atoms with Gasteiger partial charge in [-0.15, -0.1) is 0 Å². The van der Waals surface area contributed by atoms with Gasteiger partial charge in [-0.2, -0.15) is 0 Å². The summed E-state index contributed by atoms with van der Waals surface area (Å²) in [6.45, 7) is 6.26. The third-order valence-corrected chi connectivity index (χ3v) is 3.22. The van der Waals surface area contributed by atoms with Crippen molar-refractivity contribution in [3.63, 3.8) is 0 Å². The van der Waals surface area contributed by atoms with Crippen molar-refractivity contribution in [2.75, 3.05) is 6.54 Å². The molecule has 2 rings (SSSR count). The Balaban J connectivity index is 0.000000324. The molecule has 0 bridgehead atoms. The van der Waals surface area contributed by atoms with E-state index in [0.29, 0.717) is 17.7 Å². The maximum absolute atomic E-state index is 9.97. The number of carboxylic acids is 1. The third-order valence-electron chi connectivity index (χ3n) is 3.22. The van der Waals surface area contributed by atoms with E-state index in [4.69, 9.17) is 10.2 Å². The highest BCUT2D eigenvalue weighted by atomic mass is 16.4. The summed E-state index contributed by atoms with van der Waals surface area (Å²) >= 11 is 0. The molecule has 138 valence electrons. The van der Waals surface area contributed by atoms with Gasteiger partial charge in [-0.05, 0) is 50.6 Å². The van der Waals surface area contributed by atoms with Crippen molar-refractivity contribution >= 4 is 5.97 Å². The van der Waals surface area contributed by atoms with Crippen molar-refractivity contribution < 1.29 is 29.6 Å². The molecular weight excluding hydrogens is 326 g/mol. The molecule has 0 saturated heterocycles. The van der Waals surface area contributed by atoms with E-state index in [0.717, 1.165) is 0 Å². The van der Waals surface area contributed by atoms with Gasteiger partial charge >= 0.3 is 5.97 Å². The summed E-state index contributed by atoms with van der Waals surface area (Å²) in [7, 11) is 0. The second-order valence-electron chi connectivity index (χ2n) is 6.48. The number of carbonyl (C=O) groups is 1. The maximum Gasteiger partial charge on any atom is 0.371 e. The van der Waals surface area contributed by atoms with Crippen LogP contribution in [0.4, 0.5) is 0 Å². The van der Waals surface area contributed by atoms with E-state index in [1.54, 1.807) is 12.1 Å². The van der Waals surface area contributed by atoms with Gasteiger partial charge in [0.05, 0.1) is 19.0 Å². The lowest BCUT2D eigenvalue weighted by Gasteiger charge is -2.23. The van der Waals surface area contributed by atoms with Crippen LogP contribution >= 0.6 is 0 Å². The molecule has 5 N–H and O–H groups in total. The van der Waals surface area contributed by atoms with Crippen molar-refractivity contribution in [3.8, 4) is 5.75 Å². The van der Waals surface area contributed by atoms with E-state index < -0.39 is 12.1 Å². The second-order valence-corrected chi connectivity index (χ2v) is 6.48. The molecule has 0 aliphatic carbocycles. The van der Waals surface area contributed by atoms with Crippen molar-refractivity contribution in [2.24, 2.45) is 0 Å². The number of rotatable bonds is 5. The van der Waals surface area contributed by atoms with Gasteiger partial charge in [-0.1, -0.05) is 6.07 Å². The lowest BCUT2D eigenvalue weighted by molar-refractivity contribution is 0.0662.